The molecule has 0 unspecified atom stereocenters. The van der Waals surface area contributed by atoms with Gasteiger partial charge in [-0.2, -0.15) is 4.98 Å². The average molecular weight is 286 g/mol. The quantitative estimate of drug-likeness (QED) is 0.942. The average Bonchev–Trinajstić information content (AvgIpc) is 3.00. The molecule has 98 valence electrons. The van der Waals surface area contributed by atoms with Gasteiger partial charge in [-0.05, 0) is 24.3 Å². The molecule has 0 saturated heterocycles. The van der Waals surface area contributed by atoms with Crippen molar-refractivity contribution < 1.29 is 4.52 Å². The topological polar surface area (TPSA) is 64.9 Å². The van der Waals surface area contributed by atoms with E-state index in [-0.39, 0.29) is 17.9 Å². The highest BCUT2D eigenvalue weighted by molar-refractivity contribution is 7.09. The van der Waals surface area contributed by atoms with Crippen LogP contribution in [0, 0.1) is 0 Å². The van der Waals surface area contributed by atoms with E-state index in [1.165, 1.54) is 4.88 Å². The van der Waals surface area contributed by atoms with Gasteiger partial charge in [0.05, 0.1) is 12.0 Å². The van der Waals surface area contributed by atoms with Gasteiger partial charge >= 0.3 is 0 Å². The summed E-state index contributed by atoms with van der Waals surface area (Å²) in [7, 11) is 0. The lowest BCUT2D eigenvalue weighted by Crippen LogP contribution is -2.34. The monoisotopic (exact) mass is 285 g/mol. The molecular weight excluding hydrogens is 270 g/mol. The van der Waals surface area contributed by atoms with Crippen LogP contribution in [0.3, 0.4) is 0 Å². The summed E-state index contributed by atoms with van der Waals surface area (Å²) in [5, 5.41) is 6.09. The van der Waals surface area contributed by atoms with E-state index in [9.17, 15) is 0 Å². The van der Waals surface area contributed by atoms with E-state index in [1.807, 2.05) is 11.4 Å². The van der Waals surface area contributed by atoms with Crippen molar-refractivity contribution in [3.8, 4) is 0 Å². The number of rotatable bonds is 3. The van der Waals surface area contributed by atoms with Crippen molar-refractivity contribution in [2.45, 2.75) is 37.6 Å². The minimum atomic E-state index is -0.350. The molecule has 1 aliphatic carbocycles. The second kappa shape index (κ2) is 5.38. The van der Waals surface area contributed by atoms with Gasteiger partial charge in [0.1, 0.15) is 0 Å². The van der Waals surface area contributed by atoms with Crippen LogP contribution >= 0.6 is 23.7 Å². The summed E-state index contributed by atoms with van der Waals surface area (Å²) in [6, 6.07) is 4.10. The van der Waals surface area contributed by atoms with Crippen LogP contribution in [0.4, 0.5) is 0 Å². The van der Waals surface area contributed by atoms with Gasteiger partial charge in [-0.1, -0.05) is 24.1 Å². The van der Waals surface area contributed by atoms with Crippen LogP contribution in [0.1, 0.15) is 42.3 Å². The maximum atomic E-state index is 6.28. The number of hydrogen-bond acceptors (Lipinski definition) is 5. The van der Waals surface area contributed by atoms with Gasteiger partial charge in [0.15, 0.2) is 5.82 Å². The minimum Gasteiger partial charge on any atom is -0.339 e. The fourth-order valence-corrected chi connectivity index (χ4v) is 3.02. The van der Waals surface area contributed by atoms with Crippen LogP contribution in [0.2, 0.25) is 0 Å². The summed E-state index contributed by atoms with van der Waals surface area (Å²) in [5.74, 6) is 1.35. The van der Waals surface area contributed by atoms with E-state index >= 15 is 0 Å². The molecule has 0 spiro atoms. The molecule has 4 nitrogen and oxygen atoms in total. The molecule has 0 bridgehead atoms. The molecule has 0 aliphatic heterocycles. The third-order valence-corrected chi connectivity index (χ3v) is 4.19. The molecule has 0 radical (unpaired) electrons. The first kappa shape index (κ1) is 13.5. The lowest BCUT2D eigenvalue weighted by atomic mass is 9.99. The van der Waals surface area contributed by atoms with E-state index in [1.54, 1.807) is 11.3 Å². The molecule has 0 aromatic carbocycles. The first-order valence-corrected chi connectivity index (χ1v) is 6.79. The largest absolute Gasteiger partial charge is 0.339 e. The number of nitrogens with two attached hydrogens (primary N) is 1. The number of halogens is 1. The smallest absolute Gasteiger partial charge is 0.231 e. The van der Waals surface area contributed by atoms with Crippen molar-refractivity contribution in [1.29, 1.82) is 0 Å². The molecule has 3 rings (SSSR count). The molecule has 1 saturated carbocycles. The number of aromatic nitrogens is 2. The molecule has 18 heavy (non-hydrogen) atoms. The Bertz CT molecular complexity index is 491. The van der Waals surface area contributed by atoms with Crippen molar-refractivity contribution in [3.05, 3.63) is 34.1 Å². The van der Waals surface area contributed by atoms with Gasteiger partial charge in [0.25, 0.3) is 0 Å². The predicted octanol–water partition coefficient (Wildman–Crippen LogP) is 2.87. The van der Waals surface area contributed by atoms with Crippen molar-refractivity contribution >= 4 is 23.7 Å². The summed E-state index contributed by atoms with van der Waals surface area (Å²) in [5.41, 5.74) is 5.93. The molecule has 2 aromatic rings. The lowest BCUT2D eigenvalue weighted by Gasteiger charge is -2.17. The third kappa shape index (κ3) is 2.58. The highest BCUT2D eigenvalue weighted by Crippen LogP contribution is 2.34. The van der Waals surface area contributed by atoms with Gasteiger partial charge in [-0.15, -0.1) is 23.7 Å². The number of hydrogen-bond donors (Lipinski definition) is 1. The molecule has 2 heterocycles. The third-order valence-electron chi connectivity index (χ3n) is 3.31. The van der Waals surface area contributed by atoms with Crippen LogP contribution in [-0.2, 0) is 12.0 Å². The zero-order valence-corrected chi connectivity index (χ0v) is 11.6. The summed E-state index contributed by atoms with van der Waals surface area (Å²) in [6.07, 6.45) is 4.95. The van der Waals surface area contributed by atoms with E-state index in [0.29, 0.717) is 18.1 Å². The van der Waals surface area contributed by atoms with Crippen LogP contribution < -0.4 is 5.73 Å². The van der Waals surface area contributed by atoms with Crippen molar-refractivity contribution in [1.82, 2.24) is 10.1 Å². The van der Waals surface area contributed by atoms with E-state index < -0.39 is 0 Å². The maximum absolute atomic E-state index is 6.28. The highest BCUT2D eigenvalue weighted by atomic mass is 35.5. The zero-order valence-electron chi connectivity index (χ0n) is 9.96. The summed E-state index contributed by atoms with van der Waals surface area (Å²) in [6.45, 7) is 0. The second-order valence-electron chi connectivity index (χ2n) is 4.63. The Morgan fingerprint density at radius 1 is 1.39 bits per heavy atom. The number of thiophene rings is 1. The summed E-state index contributed by atoms with van der Waals surface area (Å²) in [4.78, 5) is 5.68. The Morgan fingerprint density at radius 3 is 2.83 bits per heavy atom. The van der Waals surface area contributed by atoms with Crippen LogP contribution in [0.25, 0.3) is 0 Å². The predicted molar refractivity (Wildman–Crippen MR) is 73.0 cm³/mol. The molecule has 2 N–H and O–H groups in total. The van der Waals surface area contributed by atoms with Gasteiger partial charge in [0, 0.05) is 4.88 Å². The molecular formula is C12H16ClN3OS. The van der Waals surface area contributed by atoms with E-state index in [0.717, 1.165) is 25.7 Å². The SMILES string of the molecule is Cl.NC1(c2noc(Cc3cccs3)n2)CCCC1. The van der Waals surface area contributed by atoms with Gasteiger partial charge < -0.3 is 10.3 Å². The standard InChI is InChI=1S/C12H15N3OS.ClH/c13-12(5-1-2-6-12)11-14-10(16-15-11)8-9-4-3-7-17-9;/h3-4,7H,1-2,5-6,8,13H2;1H. The number of nitrogens with zero attached hydrogens (tertiary/aromatic N) is 2. The van der Waals surface area contributed by atoms with Crippen LogP contribution in [0.5, 0.6) is 0 Å². The molecule has 0 amide bonds. The van der Waals surface area contributed by atoms with Gasteiger partial charge in [-0.25, -0.2) is 0 Å². The Labute approximate surface area is 116 Å². The highest BCUT2D eigenvalue weighted by Gasteiger charge is 2.35. The molecule has 1 aliphatic rings. The van der Waals surface area contributed by atoms with E-state index in [2.05, 4.69) is 16.2 Å². The van der Waals surface area contributed by atoms with Gasteiger partial charge in [0.2, 0.25) is 5.89 Å². The Hall–Kier alpha value is -0.910. The Kier molecular flexibility index (Phi) is 4.04. The van der Waals surface area contributed by atoms with Gasteiger partial charge in [-0.3, -0.25) is 0 Å². The minimum absolute atomic E-state index is 0. The summed E-state index contributed by atoms with van der Waals surface area (Å²) >= 11 is 1.70. The maximum Gasteiger partial charge on any atom is 0.231 e. The van der Waals surface area contributed by atoms with Crippen molar-refractivity contribution in [2.75, 3.05) is 0 Å². The Morgan fingerprint density at radius 2 is 2.17 bits per heavy atom. The molecule has 2 aromatic heterocycles. The van der Waals surface area contributed by atoms with Crippen LogP contribution in [0.15, 0.2) is 22.0 Å². The molecule has 0 atom stereocenters. The molecule has 6 heteroatoms. The lowest BCUT2D eigenvalue weighted by molar-refractivity contribution is 0.352. The van der Waals surface area contributed by atoms with E-state index in [4.69, 9.17) is 10.3 Å². The second-order valence-corrected chi connectivity index (χ2v) is 5.66. The van der Waals surface area contributed by atoms with Crippen molar-refractivity contribution in [2.24, 2.45) is 5.73 Å². The first-order chi connectivity index (χ1) is 8.26. The first-order valence-electron chi connectivity index (χ1n) is 5.91. The zero-order chi connectivity index (χ0) is 11.7. The normalized spacial score (nSPS) is 17.6. The van der Waals surface area contributed by atoms with Crippen LogP contribution in [-0.4, -0.2) is 10.1 Å². The Balaban J connectivity index is 0.00000120. The summed E-state index contributed by atoms with van der Waals surface area (Å²) < 4.78 is 5.28. The molecule has 1 fully saturated rings. The fraction of sp³-hybridized carbons (Fsp3) is 0.500. The van der Waals surface area contributed by atoms with Crippen molar-refractivity contribution in [3.63, 3.8) is 0 Å². The fourth-order valence-electron chi connectivity index (χ4n) is 2.32.